The van der Waals surface area contributed by atoms with Gasteiger partial charge in [-0.15, -0.1) is 16.8 Å². The normalized spacial score (nSPS) is 12.5. The van der Waals surface area contributed by atoms with Crippen molar-refractivity contribution in [1.29, 1.82) is 0 Å². The van der Waals surface area contributed by atoms with Crippen LogP contribution in [0.25, 0.3) is 0 Å². The molecule has 1 rings (SSSR count). The Bertz CT molecular complexity index is 248. The number of nitrogens with zero attached hydrogens (tertiary/aromatic N) is 2. The van der Waals surface area contributed by atoms with E-state index >= 15 is 0 Å². The summed E-state index contributed by atoms with van der Waals surface area (Å²) in [6, 6.07) is 0.231. The van der Waals surface area contributed by atoms with Crippen LogP contribution in [0.15, 0.2) is 16.6 Å². The summed E-state index contributed by atoms with van der Waals surface area (Å²) in [7, 11) is 0. The zero-order valence-corrected chi connectivity index (χ0v) is 8.44. The lowest BCUT2D eigenvalue weighted by Gasteiger charge is -2.04. The summed E-state index contributed by atoms with van der Waals surface area (Å²) in [6.45, 7) is 5.65. The van der Waals surface area contributed by atoms with Crippen molar-refractivity contribution < 1.29 is 0 Å². The van der Waals surface area contributed by atoms with Gasteiger partial charge in [0.1, 0.15) is 0 Å². The van der Waals surface area contributed by atoms with E-state index < -0.39 is 0 Å². The van der Waals surface area contributed by atoms with Gasteiger partial charge in [0.25, 0.3) is 0 Å². The van der Waals surface area contributed by atoms with Crippen molar-refractivity contribution in [3.63, 3.8) is 0 Å². The van der Waals surface area contributed by atoms with Crippen molar-refractivity contribution in [1.82, 2.24) is 10.2 Å². The lowest BCUT2D eigenvalue weighted by molar-refractivity contribution is 0.970. The molecule has 0 aliphatic carbocycles. The van der Waals surface area contributed by atoms with Gasteiger partial charge in [0.15, 0.2) is 3.92 Å². The molecule has 1 unspecified atom stereocenters. The van der Waals surface area contributed by atoms with E-state index in [-0.39, 0.29) is 6.04 Å². The number of halogens is 1. The van der Waals surface area contributed by atoms with Gasteiger partial charge in [-0.1, -0.05) is 17.4 Å². The van der Waals surface area contributed by atoms with Crippen molar-refractivity contribution in [2.24, 2.45) is 0 Å². The van der Waals surface area contributed by atoms with Gasteiger partial charge in [0.2, 0.25) is 5.13 Å². The van der Waals surface area contributed by atoms with Crippen LogP contribution in [0.3, 0.4) is 0 Å². The molecule has 0 bridgehead atoms. The predicted octanol–water partition coefficient (Wildman–Crippen LogP) is 2.29. The SMILES string of the molecule is C=CC(C)Nc1nnc(Br)s1. The molecule has 0 saturated carbocycles. The summed E-state index contributed by atoms with van der Waals surface area (Å²) >= 11 is 4.69. The van der Waals surface area contributed by atoms with Gasteiger partial charge in [-0.05, 0) is 22.9 Å². The first kappa shape index (κ1) is 8.67. The maximum Gasteiger partial charge on any atom is 0.206 e. The summed E-state index contributed by atoms with van der Waals surface area (Å²) in [5, 5.41) is 11.6. The van der Waals surface area contributed by atoms with Gasteiger partial charge < -0.3 is 5.32 Å². The molecule has 0 fully saturated rings. The Balaban J connectivity index is 2.57. The number of hydrogen-bond acceptors (Lipinski definition) is 4. The third-order valence-electron chi connectivity index (χ3n) is 1.11. The molecule has 1 atom stereocenters. The second-order valence-corrected chi connectivity index (χ2v) is 4.28. The monoisotopic (exact) mass is 233 g/mol. The fourth-order valence-corrected chi connectivity index (χ4v) is 1.62. The molecule has 1 N–H and O–H groups in total. The average Bonchev–Trinajstić information content (AvgIpc) is 2.35. The predicted molar refractivity (Wildman–Crippen MR) is 50.9 cm³/mol. The Kier molecular flexibility index (Phi) is 3.02. The molecule has 0 aromatic carbocycles. The molecule has 1 aromatic heterocycles. The number of nitrogens with one attached hydrogen (secondary N) is 1. The Hall–Kier alpha value is -0.420. The molecule has 11 heavy (non-hydrogen) atoms. The van der Waals surface area contributed by atoms with Gasteiger partial charge in [0.05, 0.1) is 0 Å². The van der Waals surface area contributed by atoms with Gasteiger partial charge in [-0.3, -0.25) is 0 Å². The van der Waals surface area contributed by atoms with Crippen LogP contribution in [-0.2, 0) is 0 Å². The maximum absolute atomic E-state index is 3.87. The second kappa shape index (κ2) is 3.82. The molecule has 0 spiro atoms. The highest BCUT2D eigenvalue weighted by atomic mass is 79.9. The van der Waals surface area contributed by atoms with Gasteiger partial charge in [-0.2, -0.15) is 0 Å². The standard InChI is InChI=1S/C6H8BrN3S/c1-3-4(2)8-6-10-9-5(7)11-6/h3-4H,1H2,2H3,(H,8,10). The summed E-state index contributed by atoms with van der Waals surface area (Å²) in [6.07, 6.45) is 1.81. The van der Waals surface area contributed by atoms with E-state index in [4.69, 9.17) is 0 Å². The summed E-state index contributed by atoms with van der Waals surface area (Å²) in [5.74, 6) is 0. The largest absolute Gasteiger partial charge is 0.354 e. The second-order valence-electron chi connectivity index (χ2n) is 2.03. The highest BCUT2D eigenvalue weighted by Crippen LogP contribution is 2.20. The topological polar surface area (TPSA) is 37.8 Å². The average molecular weight is 234 g/mol. The first-order valence-electron chi connectivity index (χ1n) is 3.10. The van der Waals surface area contributed by atoms with E-state index in [1.54, 1.807) is 0 Å². The molecule has 3 nitrogen and oxygen atoms in total. The van der Waals surface area contributed by atoms with Crippen LogP contribution in [0.5, 0.6) is 0 Å². The third-order valence-corrected chi connectivity index (χ3v) is 2.39. The summed E-state index contributed by atoms with van der Waals surface area (Å²) in [5.41, 5.74) is 0. The molecule has 1 aromatic rings. The van der Waals surface area contributed by atoms with Gasteiger partial charge in [-0.25, -0.2) is 0 Å². The first-order valence-corrected chi connectivity index (χ1v) is 4.71. The van der Waals surface area contributed by atoms with E-state index in [0.29, 0.717) is 0 Å². The molecular formula is C6H8BrN3S. The van der Waals surface area contributed by atoms with Crippen LogP contribution in [-0.4, -0.2) is 16.2 Å². The third kappa shape index (κ3) is 2.59. The van der Waals surface area contributed by atoms with Crippen molar-refractivity contribution in [2.45, 2.75) is 13.0 Å². The molecule has 60 valence electrons. The van der Waals surface area contributed by atoms with Crippen LogP contribution < -0.4 is 5.32 Å². The van der Waals surface area contributed by atoms with Crippen LogP contribution >= 0.6 is 27.3 Å². The molecule has 0 aliphatic heterocycles. The van der Waals surface area contributed by atoms with Crippen molar-refractivity contribution in [3.8, 4) is 0 Å². The zero-order valence-electron chi connectivity index (χ0n) is 6.04. The minimum atomic E-state index is 0.231. The van der Waals surface area contributed by atoms with E-state index in [9.17, 15) is 0 Å². The number of aromatic nitrogens is 2. The minimum absolute atomic E-state index is 0.231. The molecule has 0 saturated heterocycles. The van der Waals surface area contributed by atoms with Crippen LogP contribution in [0.4, 0.5) is 5.13 Å². The molecule has 5 heteroatoms. The molecule has 0 aliphatic rings. The Morgan fingerprint density at radius 1 is 1.73 bits per heavy atom. The van der Waals surface area contributed by atoms with Gasteiger partial charge in [0, 0.05) is 6.04 Å². The number of rotatable bonds is 3. The molecular weight excluding hydrogens is 226 g/mol. The van der Waals surface area contributed by atoms with Crippen molar-refractivity contribution in [2.75, 3.05) is 5.32 Å². The van der Waals surface area contributed by atoms with Crippen LogP contribution in [0.2, 0.25) is 0 Å². The smallest absolute Gasteiger partial charge is 0.206 e. The Morgan fingerprint density at radius 2 is 2.45 bits per heavy atom. The summed E-state index contributed by atoms with van der Waals surface area (Å²) in [4.78, 5) is 0. The zero-order chi connectivity index (χ0) is 8.27. The van der Waals surface area contributed by atoms with E-state index in [1.807, 2.05) is 13.0 Å². The van der Waals surface area contributed by atoms with Crippen molar-refractivity contribution in [3.05, 3.63) is 16.6 Å². The van der Waals surface area contributed by atoms with E-state index in [2.05, 4.69) is 38.0 Å². The number of hydrogen-bond donors (Lipinski definition) is 1. The minimum Gasteiger partial charge on any atom is -0.354 e. The fourth-order valence-electron chi connectivity index (χ4n) is 0.517. The van der Waals surface area contributed by atoms with Crippen LogP contribution in [0.1, 0.15) is 6.92 Å². The Morgan fingerprint density at radius 3 is 2.91 bits per heavy atom. The Labute approximate surface area is 77.7 Å². The summed E-state index contributed by atoms with van der Waals surface area (Å²) < 4.78 is 0.788. The van der Waals surface area contributed by atoms with Crippen LogP contribution in [0, 0.1) is 0 Å². The first-order chi connectivity index (χ1) is 5.22. The maximum atomic E-state index is 3.87. The molecule has 0 amide bonds. The highest BCUT2D eigenvalue weighted by Gasteiger charge is 2.01. The quantitative estimate of drug-likeness (QED) is 0.815. The lowest BCUT2D eigenvalue weighted by Crippen LogP contribution is -2.10. The lowest BCUT2D eigenvalue weighted by atomic mass is 10.3. The van der Waals surface area contributed by atoms with E-state index in [1.165, 1.54) is 11.3 Å². The van der Waals surface area contributed by atoms with Crippen molar-refractivity contribution >= 4 is 32.4 Å². The number of anilines is 1. The van der Waals surface area contributed by atoms with Gasteiger partial charge >= 0.3 is 0 Å². The highest BCUT2D eigenvalue weighted by molar-refractivity contribution is 9.11. The molecule has 0 radical (unpaired) electrons. The fraction of sp³-hybridized carbons (Fsp3) is 0.333. The van der Waals surface area contributed by atoms with E-state index in [0.717, 1.165) is 9.05 Å². The molecule has 1 heterocycles.